The molecule has 3 rings (SSSR count). The Balaban J connectivity index is 1.87. The first kappa shape index (κ1) is 17.4. The molecule has 0 bridgehead atoms. The minimum atomic E-state index is -0.439. The van der Waals surface area contributed by atoms with Gasteiger partial charge < -0.3 is 19.9 Å². The highest BCUT2D eigenvalue weighted by Gasteiger charge is 2.26. The van der Waals surface area contributed by atoms with Gasteiger partial charge in [-0.2, -0.15) is 0 Å². The number of piperidine rings is 1. The molecule has 1 aliphatic heterocycles. The van der Waals surface area contributed by atoms with Gasteiger partial charge >= 0.3 is 5.97 Å². The summed E-state index contributed by atoms with van der Waals surface area (Å²) in [6.07, 6.45) is 4.31. The first-order chi connectivity index (χ1) is 12.1. The number of amides is 1. The van der Waals surface area contributed by atoms with Crippen molar-refractivity contribution in [2.45, 2.75) is 32.2 Å². The number of hydrogen-bond donors (Lipinski definition) is 2. The maximum Gasteiger partial charge on any atom is 0.339 e. The minimum Gasteiger partial charge on any atom is -0.465 e. The molecule has 2 aromatic heterocycles. The van der Waals surface area contributed by atoms with Crippen LogP contribution in [0.15, 0.2) is 18.3 Å². The molecule has 134 valence electrons. The molecule has 25 heavy (non-hydrogen) atoms. The van der Waals surface area contributed by atoms with Crippen LogP contribution in [-0.4, -0.2) is 59.5 Å². The Kier molecular flexibility index (Phi) is 5.33. The molecule has 0 spiro atoms. The standard InChI is InChI=1S/C18H24N4O3/c1-3-8-22(14-4-6-19-7-5-14)17(23)15-10-12-9-13(18(24)25-2)11-20-16(12)21-15/h9-11,14,19H,3-8H2,1-2H3,(H,20,21). The van der Waals surface area contributed by atoms with Crippen molar-refractivity contribution in [3.63, 3.8) is 0 Å². The molecule has 2 aromatic rings. The van der Waals surface area contributed by atoms with E-state index in [0.29, 0.717) is 16.9 Å². The van der Waals surface area contributed by atoms with E-state index < -0.39 is 5.97 Å². The van der Waals surface area contributed by atoms with Crippen molar-refractivity contribution < 1.29 is 14.3 Å². The van der Waals surface area contributed by atoms with Crippen molar-refractivity contribution in [1.82, 2.24) is 20.2 Å². The summed E-state index contributed by atoms with van der Waals surface area (Å²) >= 11 is 0. The number of nitrogens with zero attached hydrogens (tertiary/aromatic N) is 2. The third-order valence-corrected chi connectivity index (χ3v) is 4.60. The molecular weight excluding hydrogens is 320 g/mol. The number of carbonyl (C=O) groups is 2. The number of rotatable bonds is 5. The van der Waals surface area contributed by atoms with Gasteiger partial charge in [-0.15, -0.1) is 0 Å². The number of methoxy groups -OCH3 is 1. The number of hydrogen-bond acceptors (Lipinski definition) is 5. The molecule has 1 amide bonds. The zero-order chi connectivity index (χ0) is 17.8. The summed E-state index contributed by atoms with van der Waals surface area (Å²) in [6, 6.07) is 3.72. The minimum absolute atomic E-state index is 0.00799. The molecule has 0 radical (unpaired) electrons. The molecule has 0 unspecified atom stereocenters. The Morgan fingerprint density at radius 1 is 1.32 bits per heavy atom. The van der Waals surface area contributed by atoms with Crippen LogP contribution in [0.2, 0.25) is 0 Å². The normalized spacial score (nSPS) is 15.3. The second kappa shape index (κ2) is 7.65. The Bertz CT molecular complexity index is 765. The van der Waals surface area contributed by atoms with E-state index in [9.17, 15) is 9.59 Å². The highest BCUT2D eigenvalue weighted by molar-refractivity contribution is 5.99. The Hall–Kier alpha value is -2.41. The average Bonchev–Trinajstić information content (AvgIpc) is 3.09. The van der Waals surface area contributed by atoms with Crippen molar-refractivity contribution in [2.75, 3.05) is 26.7 Å². The van der Waals surface area contributed by atoms with Gasteiger partial charge in [0.1, 0.15) is 11.3 Å². The zero-order valence-corrected chi connectivity index (χ0v) is 14.7. The summed E-state index contributed by atoms with van der Waals surface area (Å²) in [4.78, 5) is 34.0. The summed E-state index contributed by atoms with van der Waals surface area (Å²) in [5.74, 6) is -0.447. The van der Waals surface area contributed by atoms with Gasteiger partial charge in [-0.1, -0.05) is 6.92 Å². The number of aromatic nitrogens is 2. The van der Waals surface area contributed by atoms with E-state index in [0.717, 1.165) is 44.3 Å². The van der Waals surface area contributed by atoms with Gasteiger partial charge in [-0.25, -0.2) is 9.78 Å². The van der Waals surface area contributed by atoms with Gasteiger partial charge in [0, 0.05) is 24.2 Å². The molecule has 2 N–H and O–H groups in total. The van der Waals surface area contributed by atoms with Crippen LogP contribution < -0.4 is 5.32 Å². The van der Waals surface area contributed by atoms with E-state index in [4.69, 9.17) is 4.74 Å². The van der Waals surface area contributed by atoms with Crippen molar-refractivity contribution in [2.24, 2.45) is 0 Å². The first-order valence-electron chi connectivity index (χ1n) is 8.72. The molecule has 7 nitrogen and oxygen atoms in total. The Morgan fingerprint density at radius 3 is 2.76 bits per heavy atom. The van der Waals surface area contributed by atoms with E-state index in [1.54, 1.807) is 12.1 Å². The fraction of sp³-hybridized carbons (Fsp3) is 0.500. The van der Waals surface area contributed by atoms with Crippen molar-refractivity contribution in [3.8, 4) is 0 Å². The summed E-state index contributed by atoms with van der Waals surface area (Å²) < 4.78 is 4.72. The van der Waals surface area contributed by atoms with Crippen LogP contribution in [0.25, 0.3) is 11.0 Å². The van der Waals surface area contributed by atoms with Gasteiger partial charge in [0.05, 0.1) is 12.7 Å². The number of pyridine rings is 1. The number of ether oxygens (including phenoxy) is 1. The smallest absolute Gasteiger partial charge is 0.339 e. The summed E-state index contributed by atoms with van der Waals surface area (Å²) in [5, 5.41) is 4.06. The van der Waals surface area contributed by atoms with Crippen molar-refractivity contribution in [3.05, 3.63) is 29.6 Å². The van der Waals surface area contributed by atoms with Crippen LogP contribution in [-0.2, 0) is 4.74 Å². The molecule has 1 fully saturated rings. The van der Waals surface area contributed by atoms with E-state index in [1.165, 1.54) is 13.3 Å². The molecule has 1 aliphatic rings. The summed E-state index contributed by atoms with van der Waals surface area (Å²) in [5.41, 5.74) is 1.48. The predicted molar refractivity (Wildman–Crippen MR) is 94.7 cm³/mol. The number of fused-ring (bicyclic) bond motifs is 1. The van der Waals surface area contributed by atoms with Crippen LogP contribution in [0.1, 0.15) is 47.0 Å². The molecule has 7 heteroatoms. The highest BCUT2D eigenvalue weighted by atomic mass is 16.5. The maximum atomic E-state index is 13.0. The number of aromatic amines is 1. The lowest BCUT2D eigenvalue weighted by Crippen LogP contribution is -2.46. The Labute approximate surface area is 146 Å². The van der Waals surface area contributed by atoms with E-state index in [2.05, 4.69) is 22.2 Å². The molecular formula is C18H24N4O3. The predicted octanol–water partition coefficient (Wildman–Crippen LogP) is 1.95. The monoisotopic (exact) mass is 344 g/mol. The number of H-pyrrole nitrogens is 1. The van der Waals surface area contributed by atoms with Gasteiger partial charge in [0.25, 0.3) is 5.91 Å². The summed E-state index contributed by atoms with van der Waals surface area (Å²) in [6.45, 7) is 4.69. The Morgan fingerprint density at radius 2 is 2.08 bits per heavy atom. The fourth-order valence-corrected chi connectivity index (χ4v) is 3.32. The lowest BCUT2D eigenvalue weighted by molar-refractivity contribution is 0.0599. The second-order valence-electron chi connectivity index (χ2n) is 6.32. The van der Waals surface area contributed by atoms with E-state index in [1.807, 2.05) is 4.90 Å². The maximum absolute atomic E-state index is 13.0. The number of esters is 1. The third-order valence-electron chi connectivity index (χ3n) is 4.60. The van der Waals surface area contributed by atoms with Crippen LogP contribution in [0, 0.1) is 0 Å². The lowest BCUT2D eigenvalue weighted by Gasteiger charge is -2.34. The zero-order valence-electron chi connectivity index (χ0n) is 14.7. The molecule has 0 aromatic carbocycles. The molecule has 0 atom stereocenters. The van der Waals surface area contributed by atoms with Crippen LogP contribution in [0.4, 0.5) is 0 Å². The van der Waals surface area contributed by atoms with Gasteiger partial charge in [-0.3, -0.25) is 4.79 Å². The highest BCUT2D eigenvalue weighted by Crippen LogP contribution is 2.20. The third kappa shape index (κ3) is 3.66. The quantitative estimate of drug-likeness (QED) is 0.810. The fourth-order valence-electron chi connectivity index (χ4n) is 3.32. The van der Waals surface area contributed by atoms with Gasteiger partial charge in [0.2, 0.25) is 0 Å². The molecule has 3 heterocycles. The average molecular weight is 344 g/mol. The first-order valence-corrected chi connectivity index (χ1v) is 8.72. The van der Waals surface area contributed by atoms with Crippen molar-refractivity contribution in [1.29, 1.82) is 0 Å². The second-order valence-corrected chi connectivity index (χ2v) is 6.32. The summed E-state index contributed by atoms with van der Waals surface area (Å²) in [7, 11) is 1.33. The van der Waals surface area contributed by atoms with Crippen LogP contribution in [0.3, 0.4) is 0 Å². The number of carbonyl (C=O) groups excluding carboxylic acids is 2. The lowest BCUT2D eigenvalue weighted by atomic mass is 10.0. The molecule has 1 saturated heterocycles. The SMILES string of the molecule is CCCN(C(=O)c1cc2cc(C(=O)OC)cnc2[nH]1)C1CCNCC1. The molecule has 0 aliphatic carbocycles. The molecule has 0 saturated carbocycles. The van der Waals surface area contributed by atoms with E-state index >= 15 is 0 Å². The van der Waals surface area contributed by atoms with Gasteiger partial charge in [-0.05, 0) is 44.5 Å². The topological polar surface area (TPSA) is 87.3 Å². The van der Waals surface area contributed by atoms with Gasteiger partial charge in [0.15, 0.2) is 0 Å². The van der Waals surface area contributed by atoms with E-state index in [-0.39, 0.29) is 11.9 Å². The van der Waals surface area contributed by atoms with Crippen LogP contribution >= 0.6 is 0 Å². The van der Waals surface area contributed by atoms with Crippen LogP contribution in [0.5, 0.6) is 0 Å². The van der Waals surface area contributed by atoms with Crippen molar-refractivity contribution >= 4 is 22.9 Å². The largest absolute Gasteiger partial charge is 0.465 e. The number of nitrogens with one attached hydrogen (secondary N) is 2.